The smallest absolute Gasteiger partial charge is 0.312 e. The Morgan fingerprint density at radius 1 is 1.07 bits per heavy atom. The van der Waals surface area contributed by atoms with Crippen LogP contribution in [0.4, 0.5) is 16.2 Å². The molecule has 0 saturated heterocycles. The molecule has 5 N–H and O–H groups in total. The summed E-state index contributed by atoms with van der Waals surface area (Å²) in [6.07, 6.45) is 2.30. The maximum absolute atomic E-state index is 12.5. The Bertz CT molecular complexity index is 963. The molecule has 2 aromatic rings. The number of carbonyl (C=O) groups excluding carboxylic acids is 2. The third-order valence-electron chi connectivity index (χ3n) is 4.02. The van der Waals surface area contributed by atoms with Gasteiger partial charge in [0.1, 0.15) is 11.8 Å². The van der Waals surface area contributed by atoms with Crippen LogP contribution >= 0.6 is 11.8 Å². The topological polar surface area (TPSA) is 140 Å². The van der Waals surface area contributed by atoms with E-state index in [0.29, 0.717) is 29.3 Å². The largest absolute Gasteiger partial charge is 0.497 e. The molecule has 0 heterocycles. The molecule has 11 heteroatoms. The molecule has 30 heavy (non-hydrogen) atoms. The van der Waals surface area contributed by atoms with Gasteiger partial charge in [-0.25, -0.2) is 13.2 Å². The Kier molecular flexibility index (Phi) is 8.36. The summed E-state index contributed by atoms with van der Waals surface area (Å²) >= 11 is 1.54. The third-order valence-corrected chi connectivity index (χ3v) is 6.06. The van der Waals surface area contributed by atoms with E-state index in [4.69, 9.17) is 10.5 Å². The third kappa shape index (κ3) is 6.85. The van der Waals surface area contributed by atoms with Crippen LogP contribution in [0.25, 0.3) is 0 Å². The first-order chi connectivity index (χ1) is 14.2. The van der Waals surface area contributed by atoms with Crippen LogP contribution in [-0.2, 0) is 14.8 Å². The summed E-state index contributed by atoms with van der Waals surface area (Å²) in [5.74, 6) is 0.835. The van der Waals surface area contributed by atoms with Crippen molar-refractivity contribution in [1.29, 1.82) is 0 Å². The molecule has 2 rings (SSSR count). The van der Waals surface area contributed by atoms with Gasteiger partial charge in [0.15, 0.2) is 0 Å². The molecule has 0 aliphatic rings. The number of anilines is 2. The van der Waals surface area contributed by atoms with Crippen LogP contribution in [0.1, 0.15) is 6.42 Å². The second-order valence-corrected chi connectivity index (χ2v) is 8.86. The van der Waals surface area contributed by atoms with Gasteiger partial charge in [0, 0.05) is 11.4 Å². The fourth-order valence-corrected chi connectivity index (χ4v) is 4.03. The molecule has 0 unspecified atom stereocenters. The highest BCUT2D eigenvalue weighted by Crippen LogP contribution is 2.20. The van der Waals surface area contributed by atoms with E-state index in [1.807, 2.05) is 6.26 Å². The quantitative estimate of drug-likeness (QED) is 0.436. The van der Waals surface area contributed by atoms with Gasteiger partial charge in [-0.3, -0.25) is 9.52 Å². The van der Waals surface area contributed by atoms with Crippen LogP contribution in [0, 0.1) is 0 Å². The van der Waals surface area contributed by atoms with Crippen LogP contribution in [0.3, 0.4) is 0 Å². The minimum absolute atomic E-state index is 0.0329. The molecule has 0 saturated carbocycles. The summed E-state index contributed by atoms with van der Waals surface area (Å²) < 4.78 is 32.6. The number of rotatable bonds is 10. The first kappa shape index (κ1) is 23.4. The van der Waals surface area contributed by atoms with Crippen molar-refractivity contribution < 1.29 is 22.7 Å². The minimum Gasteiger partial charge on any atom is -0.497 e. The summed E-state index contributed by atoms with van der Waals surface area (Å²) in [4.78, 5) is 23.5. The standard InChI is InChI=1S/C19H24N4O5S2/c1-28-15-7-3-14(4-8-15)23-30(26,27)16-9-5-13(6-10-16)21-18(24)17(11-12-29-2)22-19(20)25/h3-10,17,23H,11-12H2,1-2H3,(H,21,24)(H3,20,22,25)/t17-/m0/s1. The first-order valence-electron chi connectivity index (χ1n) is 8.88. The number of nitrogens with two attached hydrogens (primary N) is 1. The average molecular weight is 453 g/mol. The van der Waals surface area contributed by atoms with E-state index in [1.165, 1.54) is 43.1 Å². The summed E-state index contributed by atoms with van der Waals surface area (Å²) in [5.41, 5.74) is 5.91. The van der Waals surface area contributed by atoms with Crippen LogP contribution in [0.15, 0.2) is 53.4 Å². The molecule has 0 fully saturated rings. The van der Waals surface area contributed by atoms with Crippen molar-refractivity contribution in [3.8, 4) is 5.75 Å². The molecule has 0 aliphatic heterocycles. The summed E-state index contributed by atoms with van der Waals surface area (Å²) in [6.45, 7) is 0. The molecule has 9 nitrogen and oxygen atoms in total. The highest BCUT2D eigenvalue weighted by atomic mass is 32.2. The second kappa shape index (κ2) is 10.7. The monoisotopic (exact) mass is 452 g/mol. The molecule has 2 aromatic carbocycles. The van der Waals surface area contributed by atoms with Gasteiger partial charge in [-0.1, -0.05) is 0 Å². The molecule has 162 valence electrons. The maximum Gasteiger partial charge on any atom is 0.312 e. The fourth-order valence-electron chi connectivity index (χ4n) is 2.50. The SMILES string of the molecule is COc1ccc(NS(=O)(=O)c2ccc(NC(=O)[C@H](CCSC)NC(N)=O)cc2)cc1. The second-order valence-electron chi connectivity index (χ2n) is 6.19. The van der Waals surface area contributed by atoms with Gasteiger partial charge < -0.3 is 21.1 Å². The summed E-state index contributed by atoms with van der Waals surface area (Å²) in [6, 6.07) is 10.6. The van der Waals surface area contributed by atoms with E-state index in [9.17, 15) is 18.0 Å². The zero-order valence-corrected chi connectivity index (χ0v) is 18.2. The van der Waals surface area contributed by atoms with Crippen molar-refractivity contribution >= 4 is 45.1 Å². The van der Waals surface area contributed by atoms with E-state index in [-0.39, 0.29) is 4.90 Å². The highest BCUT2D eigenvalue weighted by Gasteiger charge is 2.20. The number of hydrogen-bond donors (Lipinski definition) is 4. The van der Waals surface area contributed by atoms with Gasteiger partial charge in [-0.2, -0.15) is 11.8 Å². The maximum atomic E-state index is 12.5. The van der Waals surface area contributed by atoms with Gasteiger partial charge in [-0.05, 0) is 67.0 Å². The number of benzene rings is 2. The normalized spacial score (nSPS) is 11.9. The predicted octanol–water partition coefficient (Wildman–Crippen LogP) is 2.22. The molecule has 1 atom stereocenters. The molecule has 0 radical (unpaired) electrons. The number of carbonyl (C=O) groups is 2. The van der Waals surface area contributed by atoms with E-state index < -0.39 is 28.0 Å². The number of thioether (sulfide) groups is 1. The number of primary amides is 1. The first-order valence-corrected chi connectivity index (χ1v) is 11.8. The zero-order valence-electron chi connectivity index (χ0n) is 16.5. The number of methoxy groups -OCH3 is 1. The number of amides is 3. The lowest BCUT2D eigenvalue weighted by Gasteiger charge is -2.17. The Labute approximate surface area is 179 Å². The van der Waals surface area contributed by atoms with Gasteiger partial charge in [-0.15, -0.1) is 0 Å². The van der Waals surface area contributed by atoms with Crippen molar-refractivity contribution in [2.45, 2.75) is 17.4 Å². The van der Waals surface area contributed by atoms with Crippen molar-refractivity contribution in [2.24, 2.45) is 5.73 Å². The molecule has 0 bridgehead atoms. The summed E-state index contributed by atoms with van der Waals surface area (Å²) in [7, 11) is -2.28. The average Bonchev–Trinajstić information content (AvgIpc) is 2.71. The van der Waals surface area contributed by atoms with E-state index in [1.54, 1.807) is 24.3 Å². The number of ether oxygens (including phenoxy) is 1. The Morgan fingerprint density at radius 3 is 2.20 bits per heavy atom. The van der Waals surface area contributed by atoms with Gasteiger partial charge in [0.25, 0.3) is 10.0 Å². The number of sulfonamides is 1. The Balaban J connectivity index is 2.06. The number of nitrogens with one attached hydrogen (secondary N) is 3. The van der Waals surface area contributed by atoms with Crippen molar-refractivity contribution in [3.63, 3.8) is 0 Å². The van der Waals surface area contributed by atoms with Crippen molar-refractivity contribution in [3.05, 3.63) is 48.5 Å². The molecule has 0 spiro atoms. The van der Waals surface area contributed by atoms with Crippen molar-refractivity contribution in [1.82, 2.24) is 5.32 Å². The fraction of sp³-hybridized carbons (Fsp3) is 0.263. The van der Waals surface area contributed by atoms with Crippen molar-refractivity contribution in [2.75, 3.05) is 29.2 Å². The minimum atomic E-state index is -3.80. The lowest BCUT2D eigenvalue weighted by Crippen LogP contribution is -2.46. The zero-order chi connectivity index (χ0) is 22.1. The molecule has 3 amide bonds. The van der Waals surface area contributed by atoms with E-state index in [2.05, 4.69) is 15.4 Å². The van der Waals surface area contributed by atoms with E-state index in [0.717, 1.165) is 0 Å². The molecular formula is C19H24N4O5S2. The highest BCUT2D eigenvalue weighted by molar-refractivity contribution is 7.98. The lowest BCUT2D eigenvalue weighted by atomic mass is 10.2. The van der Waals surface area contributed by atoms with Crippen LogP contribution in [0.5, 0.6) is 5.75 Å². The molecular weight excluding hydrogens is 428 g/mol. The molecule has 0 aliphatic carbocycles. The van der Waals surface area contributed by atoms with Crippen LogP contribution in [0.2, 0.25) is 0 Å². The number of urea groups is 1. The van der Waals surface area contributed by atoms with Gasteiger partial charge in [0.05, 0.1) is 12.0 Å². The summed E-state index contributed by atoms with van der Waals surface area (Å²) in [5, 5.41) is 5.05. The van der Waals surface area contributed by atoms with Gasteiger partial charge >= 0.3 is 6.03 Å². The van der Waals surface area contributed by atoms with E-state index >= 15 is 0 Å². The van der Waals surface area contributed by atoms with Crippen LogP contribution in [-0.4, -0.2) is 45.5 Å². The Morgan fingerprint density at radius 2 is 1.67 bits per heavy atom. The lowest BCUT2D eigenvalue weighted by molar-refractivity contribution is -0.117. The molecule has 0 aromatic heterocycles. The number of hydrogen-bond acceptors (Lipinski definition) is 6. The predicted molar refractivity (Wildman–Crippen MR) is 118 cm³/mol. The van der Waals surface area contributed by atoms with Gasteiger partial charge in [0.2, 0.25) is 5.91 Å². The van der Waals surface area contributed by atoms with Crippen LogP contribution < -0.4 is 25.8 Å². The Hall–Kier alpha value is -2.92.